The molecule has 0 fully saturated rings. The molecule has 0 aromatic heterocycles. The van der Waals surface area contributed by atoms with Crippen molar-refractivity contribution in [3.63, 3.8) is 0 Å². The molecule has 0 bridgehead atoms. The molecular weight excluding hydrogens is 142 g/mol. The van der Waals surface area contributed by atoms with Crippen molar-refractivity contribution >= 4 is 6.09 Å². The monoisotopic (exact) mass is 157 g/mol. The van der Waals surface area contributed by atoms with Gasteiger partial charge in [-0.15, -0.1) is 0 Å². The molecule has 64 valence electrons. The highest BCUT2D eigenvalue weighted by molar-refractivity contribution is 5.66. The standard InChI is InChI=1S/C8H15NO2/c1-3-5-6-7-11-8(10)9-4-2/h3,5H,4,6-7H2,1-2H3,(H,9,10)/b5-3-. The Morgan fingerprint density at radius 3 is 2.91 bits per heavy atom. The lowest BCUT2D eigenvalue weighted by molar-refractivity contribution is 0.149. The molecule has 3 nitrogen and oxygen atoms in total. The van der Waals surface area contributed by atoms with E-state index in [2.05, 4.69) is 5.32 Å². The first-order valence-electron chi connectivity index (χ1n) is 3.83. The average molecular weight is 157 g/mol. The van der Waals surface area contributed by atoms with E-state index in [0.29, 0.717) is 13.2 Å². The van der Waals surface area contributed by atoms with Gasteiger partial charge < -0.3 is 10.1 Å². The van der Waals surface area contributed by atoms with E-state index < -0.39 is 0 Å². The van der Waals surface area contributed by atoms with Gasteiger partial charge in [0.25, 0.3) is 0 Å². The molecule has 11 heavy (non-hydrogen) atoms. The zero-order valence-corrected chi connectivity index (χ0v) is 7.09. The van der Waals surface area contributed by atoms with E-state index in [4.69, 9.17) is 4.74 Å². The summed E-state index contributed by atoms with van der Waals surface area (Å²) in [6.45, 7) is 4.86. The summed E-state index contributed by atoms with van der Waals surface area (Å²) in [6.07, 6.45) is 4.34. The van der Waals surface area contributed by atoms with Crippen LogP contribution in [0.3, 0.4) is 0 Å². The predicted molar refractivity (Wildman–Crippen MR) is 44.5 cm³/mol. The highest BCUT2D eigenvalue weighted by Crippen LogP contribution is 1.85. The fourth-order valence-electron chi connectivity index (χ4n) is 0.582. The number of carbonyl (C=O) groups is 1. The minimum absolute atomic E-state index is 0.336. The molecule has 0 saturated heterocycles. The van der Waals surface area contributed by atoms with Crippen LogP contribution in [0, 0.1) is 0 Å². The van der Waals surface area contributed by atoms with Crippen molar-refractivity contribution in [2.75, 3.05) is 13.2 Å². The van der Waals surface area contributed by atoms with E-state index in [1.165, 1.54) is 0 Å². The maximum absolute atomic E-state index is 10.6. The van der Waals surface area contributed by atoms with E-state index in [-0.39, 0.29) is 6.09 Å². The van der Waals surface area contributed by atoms with Crippen LogP contribution in [-0.2, 0) is 4.74 Å². The third kappa shape index (κ3) is 6.90. The van der Waals surface area contributed by atoms with Gasteiger partial charge in [0.2, 0.25) is 0 Å². The molecule has 1 amide bonds. The molecule has 3 heteroatoms. The number of rotatable bonds is 4. The van der Waals surface area contributed by atoms with Crippen LogP contribution in [-0.4, -0.2) is 19.2 Å². The van der Waals surface area contributed by atoms with Crippen LogP contribution in [0.5, 0.6) is 0 Å². The first-order chi connectivity index (χ1) is 5.31. The summed E-state index contributed by atoms with van der Waals surface area (Å²) in [4.78, 5) is 10.6. The van der Waals surface area contributed by atoms with Gasteiger partial charge in [0.1, 0.15) is 0 Å². The van der Waals surface area contributed by atoms with Crippen LogP contribution < -0.4 is 5.32 Å². The highest BCUT2D eigenvalue weighted by Gasteiger charge is 1.95. The smallest absolute Gasteiger partial charge is 0.407 e. The molecule has 0 saturated carbocycles. The third-order valence-electron chi connectivity index (χ3n) is 1.07. The van der Waals surface area contributed by atoms with E-state index in [1.54, 1.807) is 0 Å². The van der Waals surface area contributed by atoms with E-state index in [0.717, 1.165) is 6.42 Å². The number of hydrogen-bond acceptors (Lipinski definition) is 2. The first kappa shape index (κ1) is 10.0. The first-order valence-corrected chi connectivity index (χ1v) is 3.83. The van der Waals surface area contributed by atoms with Crippen LogP contribution >= 0.6 is 0 Å². The summed E-state index contributed by atoms with van der Waals surface area (Å²) < 4.78 is 4.78. The third-order valence-corrected chi connectivity index (χ3v) is 1.07. The van der Waals surface area contributed by atoms with Crippen molar-refractivity contribution < 1.29 is 9.53 Å². The molecule has 0 spiro atoms. The average Bonchev–Trinajstić information content (AvgIpc) is 1.99. The normalized spacial score (nSPS) is 10.0. The van der Waals surface area contributed by atoms with Crippen LogP contribution in [0.1, 0.15) is 20.3 Å². The maximum atomic E-state index is 10.6. The Labute approximate surface area is 67.4 Å². The molecule has 0 unspecified atom stereocenters. The number of nitrogens with one attached hydrogen (secondary N) is 1. The largest absolute Gasteiger partial charge is 0.449 e. The van der Waals surface area contributed by atoms with Crippen LogP contribution in [0.4, 0.5) is 4.79 Å². The Kier molecular flexibility index (Phi) is 6.48. The van der Waals surface area contributed by atoms with E-state index in [9.17, 15) is 4.79 Å². The van der Waals surface area contributed by atoms with Gasteiger partial charge in [-0.2, -0.15) is 0 Å². The second-order valence-corrected chi connectivity index (χ2v) is 2.02. The number of allylic oxidation sites excluding steroid dienone is 1. The Morgan fingerprint density at radius 1 is 1.64 bits per heavy atom. The highest BCUT2D eigenvalue weighted by atomic mass is 16.5. The SMILES string of the molecule is C/C=C\CCOC(=O)NCC. The summed E-state index contributed by atoms with van der Waals surface area (Å²) in [5, 5.41) is 2.54. The zero-order chi connectivity index (χ0) is 8.53. The summed E-state index contributed by atoms with van der Waals surface area (Å²) in [5.74, 6) is 0. The van der Waals surface area contributed by atoms with Gasteiger partial charge in [-0.05, 0) is 20.3 Å². The molecule has 0 aromatic carbocycles. The summed E-state index contributed by atoms with van der Waals surface area (Å²) in [7, 11) is 0. The number of carbonyl (C=O) groups excluding carboxylic acids is 1. The Balaban J connectivity index is 3.17. The molecule has 0 aliphatic carbocycles. The number of hydrogen-bond donors (Lipinski definition) is 1. The summed E-state index contributed by atoms with van der Waals surface area (Å²) >= 11 is 0. The number of amides is 1. The van der Waals surface area contributed by atoms with Crippen molar-refractivity contribution in [3.8, 4) is 0 Å². The number of ether oxygens (including phenoxy) is 1. The molecular formula is C8H15NO2. The minimum atomic E-state index is -0.336. The fraction of sp³-hybridized carbons (Fsp3) is 0.625. The lowest BCUT2D eigenvalue weighted by Crippen LogP contribution is -2.23. The topological polar surface area (TPSA) is 38.3 Å². The molecule has 0 heterocycles. The van der Waals surface area contributed by atoms with Crippen molar-refractivity contribution in [3.05, 3.63) is 12.2 Å². The van der Waals surface area contributed by atoms with Gasteiger partial charge in [0.15, 0.2) is 0 Å². The predicted octanol–water partition coefficient (Wildman–Crippen LogP) is 1.70. The molecule has 0 rings (SSSR count). The van der Waals surface area contributed by atoms with Gasteiger partial charge >= 0.3 is 6.09 Å². The van der Waals surface area contributed by atoms with Crippen molar-refractivity contribution in [2.24, 2.45) is 0 Å². The van der Waals surface area contributed by atoms with Gasteiger partial charge in [0.05, 0.1) is 6.61 Å². The molecule has 0 atom stereocenters. The van der Waals surface area contributed by atoms with Gasteiger partial charge in [-0.1, -0.05) is 12.2 Å². The quantitative estimate of drug-likeness (QED) is 0.498. The summed E-state index contributed by atoms with van der Waals surface area (Å²) in [6, 6.07) is 0. The Morgan fingerprint density at radius 2 is 2.36 bits per heavy atom. The van der Waals surface area contributed by atoms with Crippen LogP contribution in [0.25, 0.3) is 0 Å². The minimum Gasteiger partial charge on any atom is -0.449 e. The lowest BCUT2D eigenvalue weighted by Gasteiger charge is -2.01. The molecule has 1 N–H and O–H groups in total. The van der Waals surface area contributed by atoms with Crippen molar-refractivity contribution in [1.29, 1.82) is 0 Å². The molecule has 0 aliphatic heterocycles. The van der Waals surface area contributed by atoms with Crippen LogP contribution in [0.2, 0.25) is 0 Å². The molecule has 0 aromatic rings. The Hall–Kier alpha value is -0.990. The fourth-order valence-corrected chi connectivity index (χ4v) is 0.582. The molecule has 0 aliphatic rings. The van der Waals surface area contributed by atoms with Gasteiger partial charge in [0, 0.05) is 6.54 Å². The summed E-state index contributed by atoms with van der Waals surface area (Å²) in [5.41, 5.74) is 0. The number of alkyl carbamates (subject to hydrolysis) is 1. The Bertz CT molecular complexity index is 132. The van der Waals surface area contributed by atoms with Crippen LogP contribution in [0.15, 0.2) is 12.2 Å². The van der Waals surface area contributed by atoms with Gasteiger partial charge in [-0.25, -0.2) is 4.79 Å². The van der Waals surface area contributed by atoms with Crippen molar-refractivity contribution in [1.82, 2.24) is 5.32 Å². The zero-order valence-electron chi connectivity index (χ0n) is 7.09. The molecule has 0 radical (unpaired) electrons. The van der Waals surface area contributed by atoms with E-state index in [1.807, 2.05) is 26.0 Å². The van der Waals surface area contributed by atoms with Gasteiger partial charge in [-0.3, -0.25) is 0 Å². The maximum Gasteiger partial charge on any atom is 0.407 e. The lowest BCUT2D eigenvalue weighted by atomic mass is 10.4. The second kappa shape index (κ2) is 7.12. The second-order valence-electron chi connectivity index (χ2n) is 2.02. The van der Waals surface area contributed by atoms with E-state index >= 15 is 0 Å². The van der Waals surface area contributed by atoms with Crippen molar-refractivity contribution in [2.45, 2.75) is 20.3 Å².